The molecule has 0 aliphatic carbocycles. The molecule has 86 valence electrons. The highest BCUT2D eigenvalue weighted by atomic mass is 16.5. The molecule has 1 rings (SSSR count). The zero-order valence-corrected chi connectivity index (χ0v) is 8.62. The quantitative estimate of drug-likeness (QED) is 0.641. The molecule has 1 saturated heterocycles. The maximum absolute atomic E-state index is 11.3. The van der Waals surface area contributed by atoms with Crippen LogP contribution in [0.1, 0.15) is 13.3 Å². The average Bonchev–Trinajstić information content (AvgIpc) is 2.64. The average molecular weight is 217 g/mol. The van der Waals surface area contributed by atoms with Crippen LogP contribution in [0.4, 0.5) is 0 Å². The predicted molar refractivity (Wildman–Crippen MR) is 50.4 cm³/mol. The number of ether oxygens (including phenoxy) is 2. The van der Waals surface area contributed by atoms with E-state index < -0.39 is 17.4 Å². The molecule has 0 aromatic rings. The second-order valence-electron chi connectivity index (χ2n) is 3.38. The van der Waals surface area contributed by atoms with E-state index in [-0.39, 0.29) is 13.2 Å². The van der Waals surface area contributed by atoms with Gasteiger partial charge in [-0.3, -0.25) is 4.79 Å². The Kier molecular flexibility index (Phi) is 4.05. The Labute approximate surface area is 87.5 Å². The van der Waals surface area contributed by atoms with Gasteiger partial charge >= 0.3 is 5.97 Å². The summed E-state index contributed by atoms with van der Waals surface area (Å²) in [6, 6.07) is 0. The SMILES string of the molecule is CCOCC(=O)NC1(C(=O)O)CCOC1. The van der Waals surface area contributed by atoms with Crippen LogP contribution in [0.25, 0.3) is 0 Å². The summed E-state index contributed by atoms with van der Waals surface area (Å²) in [5.41, 5.74) is -1.27. The number of carboxylic acid groups (broad SMARTS) is 1. The van der Waals surface area contributed by atoms with Crippen LogP contribution in [0.5, 0.6) is 0 Å². The first-order valence-electron chi connectivity index (χ1n) is 4.80. The van der Waals surface area contributed by atoms with Gasteiger partial charge in [0.05, 0.1) is 6.61 Å². The minimum absolute atomic E-state index is 0.0141. The number of carboxylic acids is 1. The molecular formula is C9H15NO5. The molecule has 0 radical (unpaired) electrons. The Hall–Kier alpha value is -1.14. The van der Waals surface area contributed by atoms with Crippen LogP contribution >= 0.6 is 0 Å². The molecule has 0 saturated carbocycles. The number of carbonyl (C=O) groups excluding carboxylic acids is 1. The van der Waals surface area contributed by atoms with E-state index >= 15 is 0 Å². The summed E-state index contributed by atoms with van der Waals surface area (Å²) in [5, 5.41) is 11.4. The van der Waals surface area contributed by atoms with Crippen LogP contribution < -0.4 is 5.32 Å². The molecule has 1 atom stereocenters. The van der Waals surface area contributed by atoms with Crippen molar-refractivity contribution in [2.24, 2.45) is 0 Å². The molecule has 1 aliphatic rings. The van der Waals surface area contributed by atoms with E-state index in [0.29, 0.717) is 19.6 Å². The zero-order valence-electron chi connectivity index (χ0n) is 8.62. The van der Waals surface area contributed by atoms with Gasteiger partial charge in [-0.1, -0.05) is 0 Å². The highest BCUT2D eigenvalue weighted by molar-refractivity contribution is 5.87. The molecule has 6 heteroatoms. The molecule has 0 aromatic carbocycles. The smallest absolute Gasteiger partial charge is 0.331 e. The number of rotatable bonds is 5. The Morgan fingerprint density at radius 1 is 1.60 bits per heavy atom. The van der Waals surface area contributed by atoms with Gasteiger partial charge < -0.3 is 19.9 Å². The molecule has 0 aromatic heterocycles. The maximum atomic E-state index is 11.3. The molecule has 15 heavy (non-hydrogen) atoms. The van der Waals surface area contributed by atoms with E-state index in [0.717, 1.165) is 0 Å². The molecule has 1 fully saturated rings. The summed E-state index contributed by atoms with van der Waals surface area (Å²) in [7, 11) is 0. The molecule has 1 heterocycles. The van der Waals surface area contributed by atoms with Crippen LogP contribution in [-0.4, -0.2) is 48.9 Å². The molecule has 1 aliphatic heterocycles. The highest BCUT2D eigenvalue weighted by Crippen LogP contribution is 2.18. The number of aliphatic carboxylic acids is 1. The Morgan fingerprint density at radius 3 is 2.80 bits per heavy atom. The van der Waals surface area contributed by atoms with E-state index in [1.54, 1.807) is 6.92 Å². The van der Waals surface area contributed by atoms with Gasteiger partial charge in [-0.05, 0) is 6.92 Å². The lowest BCUT2D eigenvalue weighted by Crippen LogP contribution is -2.56. The second kappa shape index (κ2) is 5.09. The van der Waals surface area contributed by atoms with Crippen molar-refractivity contribution in [1.82, 2.24) is 5.32 Å². The van der Waals surface area contributed by atoms with Crippen LogP contribution in [0.15, 0.2) is 0 Å². The normalized spacial score (nSPS) is 25.1. The summed E-state index contributed by atoms with van der Waals surface area (Å²) in [6.07, 6.45) is 0.292. The second-order valence-corrected chi connectivity index (χ2v) is 3.38. The third-order valence-electron chi connectivity index (χ3n) is 2.25. The summed E-state index contributed by atoms with van der Waals surface area (Å²) in [4.78, 5) is 22.3. The van der Waals surface area contributed by atoms with Crippen molar-refractivity contribution < 1.29 is 24.2 Å². The third-order valence-corrected chi connectivity index (χ3v) is 2.25. The zero-order chi connectivity index (χ0) is 11.3. The van der Waals surface area contributed by atoms with E-state index in [4.69, 9.17) is 14.6 Å². The van der Waals surface area contributed by atoms with Crippen molar-refractivity contribution in [3.05, 3.63) is 0 Å². The van der Waals surface area contributed by atoms with Gasteiger partial charge in [-0.15, -0.1) is 0 Å². The van der Waals surface area contributed by atoms with Crippen molar-refractivity contribution in [2.75, 3.05) is 26.4 Å². The summed E-state index contributed by atoms with van der Waals surface area (Å²) >= 11 is 0. The molecule has 2 N–H and O–H groups in total. The fourth-order valence-corrected chi connectivity index (χ4v) is 1.38. The summed E-state index contributed by atoms with van der Waals surface area (Å²) in [6.45, 7) is 2.43. The number of hydrogen-bond acceptors (Lipinski definition) is 4. The molecular weight excluding hydrogens is 202 g/mol. The number of nitrogens with one attached hydrogen (secondary N) is 1. The van der Waals surface area contributed by atoms with Crippen molar-refractivity contribution in [2.45, 2.75) is 18.9 Å². The van der Waals surface area contributed by atoms with Crippen LogP contribution in [0.3, 0.4) is 0 Å². The van der Waals surface area contributed by atoms with E-state index in [1.165, 1.54) is 0 Å². The van der Waals surface area contributed by atoms with Gasteiger partial charge in [0.25, 0.3) is 0 Å². The lowest BCUT2D eigenvalue weighted by atomic mass is 9.99. The van der Waals surface area contributed by atoms with Gasteiger partial charge in [0, 0.05) is 19.6 Å². The fourth-order valence-electron chi connectivity index (χ4n) is 1.38. The first kappa shape index (κ1) is 11.9. The molecule has 0 spiro atoms. The van der Waals surface area contributed by atoms with Gasteiger partial charge in [0.2, 0.25) is 5.91 Å². The van der Waals surface area contributed by atoms with Gasteiger partial charge in [0.15, 0.2) is 5.54 Å². The van der Waals surface area contributed by atoms with Crippen molar-refractivity contribution >= 4 is 11.9 Å². The van der Waals surface area contributed by atoms with Crippen molar-refractivity contribution in [1.29, 1.82) is 0 Å². The van der Waals surface area contributed by atoms with E-state index in [9.17, 15) is 9.59 Å². The van der Waals surface area contributed by atoms with Crippen LogP contribution in [-0.2, 0) is 19.1 Å². The standard InChI is InChI=1S/C9H15NO5/c1-2-14-5-7(11)10-9(8(12)13)3-4-15-6-9/h2-6H2,1H3,(H,10,11)(H,12,13). The third kappa shape index (κ3) is 2.90. The molecule has 1 unspecified atom stereocenters. The van der Waals surface area contributed by atoms with Crippen LogP contribution in [0.2, 0.25) is 0 Å². The minimum atomic E-state index is -1.27. The minimum Gasteiger partial charge on any atom is -0.479 e. The highest BCUT2D eigenvalue weighted by Gasteiger charge is 2.43. The van der Waals surface area contributed by atoms with Gasteiger partial charge in [-0.25, -0.2) is 4.79 Å². The first-order chi connectivity index (χ1) is 7.10. The Balaban J connectivity index is 2.52. The van der Waals surface area contributed by atoms with Crippen molar-refractivity contribution in [3.8, 4) is 0 Å². The number of hydrogen-bond donors (Lipinski definition) is 2. The molecule has 0 bridgehead atoms. The van der Waals surface area contributed by atoms with Gasteiger partial charge in [-0.2, -0.15) is 0 Å². The number of carbonyl (C=O) groups is 2. The largest absolute Gasteiger partial charge is 0.479 e. The van der Waals surface area contributed by atoms with E-state index in [2.05, 4.69) is 5.32 Å². The fraction of sp³-hybridized carbons (Fsp3) is 0.778. The molecule has 1 amide bonds. The lowest BCUT2D eigenvalue weighted by Gasteiger charge is -2.23. The summed E-state index contributed by atoms with van der Waals surface area (Å²) < 4.78 is 9.88. The van der Waals surface area contributed by atoms with Crippen molar-refractivity contribution in [3.63, 3.8) is 0 Å². The lowest BCUT2D eigenvalue weighted by molar-refractivity contribution is -0.148. The van der Waals surface area contributed by atoms with Crippen LogP contribution in [0, 0.1) is 0 Å². The van der Waals surface area contributed by atoms with Gasteiger partial charge in [0.1, 0.15) is 6.61 Å². The Bertz CT molecular complexity index is 247. The number of amides is 1. The maximum Gasteiger partial charge on any atom is 0.331 e. The first-order valence-corrected chi connectivity index (χ1v) is 4.80. The Morgan fingerprint density at radius 2 is 2.33 bits per heavy atom. The van der Waals surface area contributed by atoms with E-state index in [1.807, 2.05) is 0 Å². The molecule has 6 nitrogen and oxygen atoms in total. The predicted octanol–water partition coefficient (Wildman–Crippen LogP) is -0.617. The topological polar surface area (TPSA) is 84.9 Å². The summed E-state index contributed by atoms with van der Waals surface area (Å²) in [5.74, 6) is -1.49. The monoisotopic (exact) mass is 217 g/mol.